The van der Waals surface area contributed by atoms with Crippen LogP contribution in [0, 0.1) is 11.8 Å². The van der Waals surface area contributed by atoms with Crippen LogP contribution in [0.5, 0.6) is 0 Å². The van der Waals surface area contributed by atoms with Gasteiger partial charge in [0.2, 0.25) is 11.8 Å². The summed E-state index contributed by atoms with van der Waals surface area (Å²) in [5.74, 6) is 4.74. The van der Waals surface area contributed by atoms with E-state index < -0.39 is 5.97 Å². The van der Waals surface area contributed by atoms with Gasteiger partial charge in [-0.3, -0.25) is 9.59 Å². The maximum absolute atomic E-state index is 12.2. The van der Waals surface area contributed by atoms with Gasteiger partial charge in [-0.2, -0.15) is 0 Å². The van der Waals surface area contributed by atoms with Gasteiger partial charge >= 0.3 is 5.97 Å². The van der Waals surface area contributed by atoms with Gasteiger partial charge < -0.3 is 26.8 Å². The molecule has 0 radical (unpaired) electrons. The molecule has 0 aromatic heterocycles. The van der Waals surface area contributed by atoms with E-state index in [1.165, 1.54) is 7.11 Å². The number of esters is 1. The number of amides is 2. The second-order valence-electron chi connectivity index (χ2n) is 7.07. The second-order valence-corrected chi connectivity index (χ2v) is 7.07. The Labute approximate surface area is 184 Å². The van der Waals surface area contributed by atoms with E-state index in [4.69, 9.17) is 16.2 Å². The predicted molar refractivity (Wildman–Crippen MR) is 121 cm³/mol. The lowest BCUT2D eigenvalue weighted by atomic mass is 10.1. The number of nitrogens with one attached hydrogen (secondary N) is 2. The molecule has 0 unspecified atom stereocenters. The summed E-state index contributed by atoms with van der Waals surface area (Å²) in [6.45, 7) is 1.53. The average Bonchev–Trinajstić information content (AvgIpc) is 2.76. The number of unbranched alkanes of at least 4 members (excludes halogenated alkanes) is 4. The number of nitrogens with two attached hydrogens (primary N) is 2. The van der Waals surface area contributed by atoms with Crippen molar-refractivity contribution in [1.82, 2.24) is 5.32 Å². The van der Waals surface area contributed by atoms with E-state index in [-0.39, 0.29) is 24.8 Å². The minimum Gasteiger partial charge on any atom is -0.465 e. The van der Waals surface area contributed by atoms with Crippen molar-refractivity contribution in [2.45, 2.75) is 51.4 Å². The topological polar surface area (TPSA) is 137 Å². The highest BCUT2D eigenvalue weighted by atomic mass is 16.5. The average molecular weight is 431 g/mol. The Bertz CT molecular complexity index is 784. The number of carbonyl (C=O) groups is 3. The highest BCUT2D eigenvalue weighted by Crippen LogP contribution is 2.17. The van der Waals surface area contributed by atoms with E-state index in [1.54, 1.807) is 18.2 Å². The summed E-state index contributed by atoms with van der Waals surface area (Å²) in [4.78, 5) is 35.9. The highest BCUT2D eigenvalue weighted by molar-refractivity contribution is 5.95. The number of anilines is 1. The molecule has 0 aliphatic carbocycles. The minimum absolute atomic E-state index is 0.0449. The van der Waals surface area contributed by atoms with E-state index in [9.17, 15) is 14.4 Å². The Morgan fingerprint density at radius 1 is 0.968 bits per heavy atom. The maximum Gasteiger partial charge on any atom is 0.339 e. The van der Waals surface area contributed by atoms with Crippen LogP contribution in [0.3, 0.4) is 0 Å². The van der Waals surface area contributed by atoms with Crippen LogP contribution in [0.2, 0.25) is 0 Å². The zero-order valence-corrected chi connectivity index (χ0v) is 18.3. The Balaban J connectivity index is 2.39. The molecule has 170 valence electrons. The van der Waals surface area contributed by atoms with Gasteiger partial charge in [0.15, 0.2) is 0 Å². The molecule has 0 saturated heterocycles. The third kappa shape index (κ3) is 11.2. The lowest BCUT2D eigenvalue weighted by molar-refractivity contribution is -0.121. The number of hydrogen-bond acceptors (Lipinski definition) is 6. The molecule has 8 nitrogen and oxygen atoms in total. The normalized spacial score (nSPS) is 10.0. The van der Waals surface area contributed by atoms with Crippen molar-refractivity contribution in [2.24, 2.45) is 11.5 Å². The Morgan fingerprint density at radius 2 is 1.68 bits per heavy atom. The van der Waals surface area contributed by atoms with Crippen LogP contribution in [0.15, 0.2) is 18.2 Å². The largest absolute Gasteiger partial charge is 0.465 e. The minimum atomic E-state index is -0.513. The van der Waals surface area contributed by atoms with Crippen molar-refractivity contribution in [3.63, 3.8) is 0 Å². The lowest BCUT2D eigenvalue weighted by Crippen LogP contribution is -2.24. The standard InChI is InChI=1S/C23H34N4O4/c1-31-23(30)20-13-12-19(17-18(20)9-8-15-25)27-22(29)11-7-10-21(28)26-16-6-4-2-3-5-14-24/h12-13,17H,2-7,10-11,14-16,24-25H2,1H3,(H,26,28)(H,27,29). The Hall–Kier alpha value is -2.89. The van der Waals surface area contributed by atoms with E-state index in [2.05, 4.69) is 22.5 Å². The van der Waals surface area contributed by atoms with Gasteiger partial charge in [-0.15, -0.1) is 0 Å². The van der Waals surface area contributed by atoms with E-state index in [0.717, 1.165) is 38.6 Å². The number of ether oxygens (including phenoxy) is 1. The molecular weight excluding hydrogens is 396 g/mol. The molecule has 0 heterocycles. The fraction of sp³-hybridized carbons (Fsp3) is 0.522. The van der Waals surface area contributed by atoms with Crippen LogP contribution >= 0.6 is 0 Å². The lowest BCUT2D eigenvalue weighted by Gasteiger charge is -2.09. The smallest absolute Gasteiger partial charge is 0.339 e. The van der Waals surface area contributed by atoms with Gasteiger partial charge in [-0.05, 0) is 44.0 Å². The van der Waals surface area contributed by atoms with E-state index in [1.807, 2.05) is 0 Å². The van der Waals surface area contributed by atoms with Crippen LogP contribution in [0.25, 0.3) is 0 Å². The van der Waals surface area contributed by atoms with Crippen molar-refractivity contribution in [3.8, 4) is 11.8 Å². The first kappa shape index (κ1) is 26.1. The predicted octanol–water partition coefficient (Wildman–Crippen LogP) is 1.92. The molecule has 8 heteroatoms. The molecule has 0 aliphatic heterocycles. The third-order valence-electron chi connectivity index (χ3n) is 4.54. The number of carbonyl (C=O) groups excluding carboxylic acids is 3. The van der Waals surface area contributed by atoms with Crippen molar-refractivity contribution < 1.29 is 19.1 Å². The van der Waals surface area contributed by atoms with Gasteiger partial charge in [0.05, 0.1) is 19.2 Å². The first-order valence-corrected chi connectivity index (χ1v) is 10.7. The molecule has 0 aliphatic rings. The van der Waals surface area contributed by atoms with Gasteiger partial charge in [-0.25, -0.2) is 4.79 Å². The highest BCUT2D eigenvalue weighted by Gasteiger charge is 2.12. The molecular formula is C23H34N4O4. The summed E-state index contributed by atoms with van der Waals surface area (Å²) in [6, 6.07) is 4.76. The van der Waals surface area contributed by atoms with Crippen LogP contribution in [-0.2, 0) is 14.3 Å². The van der Waals surface area contributed by atoms with Crippen molar-refractivity contribution in [2.75, 3.05) is 32.1 Å². The fourth-order valence-electron chi connectivity index (χ4n) is 2.91. The summed E-state index contributed by atoms with van der Waals surface area (Å²) in [6.07, 6.45) is 6.31. The summed E-state index contributed by atoms with van der Waals surface area (Å²) < 4.78 is 4.74. The molecule has 0 fully saturated rings. The first-order chi connectivity index (χ1) is 15.0. The first-order valence-electron chi connectivity index (χ1n) is 10.7. The van der Waals surface area contributed by atoms with Crippen LogP contribution in [0.1, 0.15) is 67.3 Å². The SMILES string of the molecule is COC(=O)c1ccc(NC(=O)CCCC(=O)NCCCCCCCN)cc1C#CCN. The summed E-state index contributed by atoms with van der Waals surface area (Å²) in [7, 11) is 1.29. The summed E-state index contributed by atoms with van der Waals surface area (Å²) in [5, 5.41) is 5.64. The van der Waals surface area contributed by atoms with Crippen LogP contribution in [0.4, 0.5) is 5.69 Å². The maximum atomic E-state index is 12.2. The zero-order valence-electron chi connectivity index (χ0n) is 18.3. The fourth-order valence-corrected chi connectivity index (χ4v) is 2.91. The zero-order chi connectivity index (χ0) is 22.9. The van der Waals surface area contributed by atoms with Crippen molar-refractivity contribution in [1.29, 1.82) is 0 Å². The summed E-state index contributed by atoms with van der Waals surface area (Å²) >= 11 is 0. The number of methoxy groups -OCH3 is 1. The Morgan fingerprint density at radius 3 is 2.39 bits per heavy atom. The van der Waals surface area contributed by atoms with E-state index >= 15 is 0 Å². The third-order valence-corrected chi connectivity index (χ3v) is 4.54. The van der Waals surface area contributed by atoms with Gasteiger partial charge in [0.1, 0.15) is 0 Å². The van der Waals surface area contributed by atoms with Gasteiger partial charge in [-0.1, -0.05) is 31.1 Å². The molecule has 0 bridgehead atoms. The molecule has 1 aromatic rings. The molecule has 0 atom stereocenters. The molecule has 0 saturated carbocycles. The number of hydrogen-bond donors (Lipinski definition) is 4. The van der Waals surface area contributed by atoms with Crippen LogP contribution < -0.4 is 22.1 Å². The number of benzene rings is 1. The number of rotatable bonds is 13. The van der Waals surface area contributed by atoms with Crippen LogP contribution in [-0.4, -0.2) is 44.5 Å². The molecule has 1 aromatic carbocycles. The van der Waals surface area contributed by atoms with Gasteiger partial charge in [0, 0.05) is 30.6 Å². The van der Waals surface area contributed by atoms with Crippen molar-refractivity contribution in [3.05, 3.63) is 29.3 Å². The molecule has 1 rings (SSSR count). The molecule has 2 amide bonds. The Kier molecular flexibility index (Phi) is 13.4. The quantitative estimate of drug-likeness (QED) is 0.214. The van der Waals surface area contributed by atoms with E-state index in [0.29, 0.717) is 36.2 Å². The summed E-state index contributed by atoms with van der Waals surface area (Å²) in [5.41, 5.74) is 12.1. The molecule has 31 heavy (non-hydrogen) atoms. The second kappa shape index (κ2) is 15.9. The van der Waals surface area contributed by atoms with Gasteiger partial charge in [0.25, 0.3) is 0 Å². The molecule has 0 spiro atoms. The molecule has 6 N–H and O–H groups in total. The monoisotopic (exact) mass is 430 g/mol. The van der Waals surface area contributed by atoms with Crippen molar-refractivity contribution >= 4 is 23.5 Å².